The Bertz CT molecular complexity index is 155. The number of aliphatic hydroxyl groups is 5. The van der Waals surface area contributed by atoms with E-state index < -0.39 is 49.7 Å². The zero-order valence-corrected chi connectivity index (χ0v) is 7.95. The van der Waals surface area contributed by atoms with Crippen LogP contribution in [0.15, 0.2) is 0 Å². The Balaban J connectivity index is 2.58. The van der Waals surface area contributed by atoms with Crippen molar-refractivity contribution in [3.63, 3.8) is 0 Å². The van der Waals surface area contributed by atoms with Crippen LogP contribution in [0.1, 0.15) is 0 Å². The van der Waals surface area contributed by atoms with E-state index >= 15 is 0 Å². The number of rotatable bonds is 2. The molecule has 0 spiro atoms. The molecule has 0 amide bonds. The molecule has 1 saturated heterocycles. The van der Waals surface area contributed by atoms with E-state index in [9.17, 15) is 5.11 Å². The van der Waals surface area contributed by atoms with Gasteiger partial charge in [0.15, 0.2) is 0 Å². The fourth-order valence-electron chi connectivity index (χ4n) is 1.11. The molecule has 1 rings (SSSR count). The number of hydrogen-bond acceptors (Lipinski definition) is 5. The summed E-state index contributed by atoms with van der Waals surface area (Å²) < 4.78 is 0. The topological polar surface area (TPSA) is 101 Å². The third-order valence-corrected chi connectivity index (χ3v) is 4.92. The Hall–Kier alpha value is 0.319. The van der Waals surface area contributed by atoms with E-state index in [-0.39, 0.29) is 0 Å². The first-order chi connectivity index (χ1) is 5.57. The molecule has 0 aromatic carbocycles. The monoisotopic (exact) mass is 244 g/mol. The van der Waals surface area contributed by atoms with Crippen LogP contribution in [0.4, 0.5) is 0 Å². The number of hydrogen-bond donors (Lipinski definition) is 5. The maximum atomic E-state index is 9.26. The van der Waals surface area contributed by atoms with Gasteiger partial charge in [-0.25, -0.2) is 0 Å². The van der Waals surface area contributed by atoms with E-state index in [1.165, 1.54) is 0 Å². The molecule has 1 aliphatic heterocycles. The first-order valence-electron chi connectivity index (χ1n) is 3.56. The van der Waals surface area contributed by atoms with Crippen molar-refractivity contribution in [2.24, 2.45) is 0 Å². The van der Waals surface area contributed by atoms with Gasteiger partial charge in [-0.15, -0.1) is 0 Å². The van der Waals surface area contributed by atoms with E-state index in [1.807, 2.05) is 0 Å². The average molecular weight is 243 g/mol. The van der Waals surface area contributed by atoms with Gasteiger partial charge in [-0.3, -0.25) is 0 Å². The van der Waals surface area contributed by atoms with Gasteiger partial charge in [-0.05, 0) is 0 Å². The van der Waals surface area contributed by atoms with Crippen molar-refractivity contribution in [2.75, 3.05) is 6.61 Å². The minimum atomic E-state index is -1.18. The molecule has 6 heteroatoms. The second kappa shape index (κ2) is 4.02. The zero-order chi connectivity index (χ0) is 9.30. The Labute approximate surface area is 75.8 Å². The number of aliphatic hydroxyl groups excluding tert-OH is 5. The summed E-state index contributed by atoms with van der Waals surface area (Å²) in [7, 11) is 0. The van der Waals surface area contributed by atoms with Crippen LogP contribution < -0.4 is 0 Å². The van der Waals surface area contributed by atoms with Crippen LogP contribution in [0.3, 0.4) is 0 Å². The molecule has 0 saturated carbocycles. The fourth-order valence-corrected chi connectivity index (χ4v) is 3.69. The van der Waals surface area contributed by atoms with Crippen molar-refractivity contribution in [1.29, 1.82) is 0 Å². The van der Waals surface area contributed by atoms with Crippen molar-refractivity contribution in [3.05, 3.63) is 0 Å². The first kappa shape index (κ1) is 10.4. The zero-order valence-electron chi connectivity index (χ0n) is 6.24. The first-order valence-corrected chi connectivity index (χ1v) is 5.54. The van der Waals surface area contributed by atoms with Gasteiger partial charge in [0.2, 0.25) is 0 Å². The Kier molecular flexibility index (Phi) is 3.48. The molecular weight excluding hydrogens is 231 g/mol. The van der Waals surface area contributed by atoms with Crippen LogP contribution in [-0.4, -0.2) is 70.4 Å². The molecule has 12 heavy (non-hydrogen) atoms. The van der Waals surface area contributed by atoms with Crippen LogP contribution in [0.5, 0.6) is 0 Å². The normalized spacial score (nSPS) is 44.8. The summed E-state index contributed by atoms with van der Waals surface area (Å²) in [5.74, 6) is 0. The second-order valence-electron chi connectivity index (χ2n) is 2.72. The minimum absolute atomic E-state index is 0.443. The molecule has 5 atom stereocenters. The van der Waals surface area contributed by atoms with Gasteiger partial charge in [-0.2, -0.15) is 0 Å². The average Bonchev–Trinajstić information content (AvgIpc) is 2.32. The van der Waals surface area contributed by atoms with Crippen LogP contribution in [0, 0.1) is 0 Å². The summed E-state index contributed by atoms with van der Waals surface area (Å²) in [6, 6.07) is 0. The molecule has 0 bridgehead atoms. The summed E-state index contributed by atoms with van der Waals surface area (Å²) in [6.45, 7) is -0.455. The molecule has 5 nitrogen and oxygen atoms in total. The van der Waals surface area contributed by atoms with Crippen molar-refractivity contribution in [3.8, 4) is 0 Å². The van der Waals surface area contributed by atoms with Gasteiger partial charge in [0.25, 0.3) is 0 Å². The van der Waals surface area contributed by atoms with E-state index in [4.69, 9.17) is 20.4 Å². The predicted octanol–water partition coefficient (Wildman–Crippen LogP) is -3.11. The van der Waals surface area contributed by atoms with Crippen LogP contribution in [0.25, 0.3) is 0 Å². The quantitative estimate of drug-likeness (QED) is 0.330. The Morgan fingerprint density at radius 3 is 2.08 bits per heavy atom. The van der Waals surface area contributed by atoms with Crippen LogP contribution >= 0.6 is 0 Å². The standard InChI is InChI=1S/C6H12O5Se/c7-1-2(8)5-3(9)4(10)6(11)12-5/h2-11H,1H2. The summed E-state index contributed by atoms with van der Waals surface area (Å²) in [5, 5.41) is 44.2. The predicted molar refractivity (Wildman–Crippen MR) is 40.6 cm³/mol. The fraction of sp³-hybridized carbons (Fsp3) is 1.00. The van der Waals surface area contributed by atoms with Gasteiger partial charge in [-0.1, -0.05) is 0 Å². The molecule has 5 unspecified atom stereocenters. The third-order valence-electron chi connectivity index (χ3n) is 1.84. The van der Waals surface area contributed by atoms with E-state index in [0.717, 1.165) is 0 Å². The summed E-state index contributed by atoms with van der Waals surface area (Å²) in [5.41, 5.74) is 0. The maximum absolute atomic E-state index is 9.26. The SMILES string of the molecule is OCC(O)C1[Se]C(O)C(O)C1O. The van der Waals surface area contributed by atoms with Gasteiger partial charge in [0, 0.05) is 0 Å². The third kappa shape index (κ3) is 1.80. The van der Waals surface area contributed by atoms with Crippen molar-refractivity contribution in [2.45, 2.75) is 28.1 Å². The molecule has 1 heterocycles. The van der Waals surface area contributed by atoms with Gasteiger partial charge in [0.1, 0.15) is 0 Å². The molecule has 5 N–H and O–H groups in total. The Morgan fingerprint density at radius 2 is 1.75 bits per heavy atom. The van der Waals surface area contributed by atoms with Crippen molar-refractivity contribution < 1.29 is 25.5 Å². The van der Waals surface area contributed by atoms with E-state index in [0.29, 0.717) is 0 Å². The molecule has 1 fully saturated rings. The second-order valence-corrected chi connectivity index (χ2v) is 5.45. The Morgan fingerprint density at radius 1 is 1.17 bits per heavy atom. The van der Waals surface area contributed by atoms with E-state index in [1.54, 1.807) is 0 Å². The van der Waals surface area contributed by atoms with Gasteiger partial charge < -0.3 is 0 Å². The summed E-state index contributed by atoms with van der Waals surface area (Å²) >= 11 is -0.443. The van der Waals surface area contributed by atoms with Gasteiger partial charge in [0.05, 0.1) is 0 Å². The molecule has 0 aliphatic carbocycles. The molecule has 0 aromatic heterocycles. The van der Waals surface area contributed by atoms with Crippen LogP contribution in [-0.2, 0) is 0 Å². The van der Waals surface area contributed by atoms with Gasteiger partial charge >= 0.3 is 75.2 Å². The molecule has 0 aromatic rings. The molecular formula is C6H12O5Se. The molecule has 1 aliphatic rings. The molecule has 72 valence electrons. The van der Waals surface area contributed by atoms with Crippen molar-refractivity contribution >= 4 is 15.0 Å². The summed E-state index contributed by atoms with van der Waals surface area (Å²) in [4.78, 5) is -0.576. The summed E-state index contributed by atoms with van der Waals surface area (Å²) in [6.07, 6.45) is -3.36. The van der Waals surface area contributed by atoms with Crippen molar-refractivity contribution in [1.82, 2.24) is 0 Å². The van der Waals surface area contributed by atoms with Crippen LogP contribution in [0.2, 0.25) is 4.82 Å². The molecule has 0 radical (unpaired) electrons. The van der Waals surface area contributed by atoms with E-state index in [2.05, 4.69) is 0 Å².